The van der Waals surface area contributed by atoms with Crippen molar-refractivity contribution < 1.29 is 31.5 Å². The zero-order valence-corrected chi connectivity index (χ0v) is 10.7. The number of carbonyl (C=O) groups is 1. The van der Waals surface area contributed by atoms with Gasteiger partial charge in [0.15, 0.2) is 23.3 Å². The molecule has 0 aliphatic carbocycles. The first-order valence-corrected chi connectivity index (χ1v) is 6.06. The van der Waals surface area contributed by atoms with Crippen molar-refractivity contribution in [2.75, 3.05) is 0 Å². The highest BCUT2D eigenvalue weighted by atomic mass is 19.2. The molecule has 0 aliphatic heterocycles. The number of unbranched alkanes of at least 4 members (excludes halogenated alkanes) is 2. The highest BCUT2D eigenvalue weighted by molar-refractivity contribution is 5.69. The van der Waals surface area contributed by atoms with Crippen LogP contribution in [0.5, 0.6) is 0 Å². The average molecular weight is 296 g/mol. The van der Waals surface area contributed by atoms with Crippen LogP contribution in [0.4, 0.5) is 22.0 Å². The maximum Gasteiger partial charge on any atom is 0.306 e. The highest BCUT2D eigenvalue weighted by Gasteiger charge is 2.26. The minimum Gasteiger partial charge on any atom is -0.461 e. The van der Waals surface area contributed by atoms with Crippen molar-refractivity contribution >= 4 is 5.97 Å². The summed E-state index contributed by atoms with van der Waals surface area (Å²) in [5.41, 5.74) is -1.15. The van der Waals surface area contributed by atoms with Gasteiger partial charge in [-0.3, -0.25) is 4.79 Å². The van der Waals surface area contributed by atoms with Crippen LogP contribution < -0.4 is 0 Å². The van der Waals surface area contributed by atoms with E-state index in [0.717, 1.165) is 12.8 Å². The Labute approximate surface area is 112 Å². The van der Waals surface area contributed by atoms with E-state index in [2.05, 4.69) is 4.74 Å². The third-order valence-corrected chi connectivity index (χ3v) is 2.66. The van der Waals surface area contributed by atoms with Crippen LogP contribution >= 0.6 is 0 Å². The third kappa shape index (κ3) is 3.68. The number of benzene rings is 1. The summed E-state index contributed by atoms with van der Waals surface area (Å²) in [6.07, 6.45) is 2.21. The van der Waals surface area contributed by atoms with E-state index < -0.39 is 47.2 Å². The number of rotatable bonds is 6. The Hall–Kier alpha value is -1.66. The van der Waals surface area contributed by atoms with Crippen molar-refractivity contribution in [3.8, 4) is 0 Å². The van der Waals surface area contributed by atoms with E-state index in [9.17, 15) is 26.7 Å². The van der Waals surface area contributed by atoms with Gasteiger partial charge in [0, 0.05) is 6.42 Å². The second-order valence-corrected chi connectivity index (χ2v) is 4.17. The molecule has 0 spiro atoms. The van der Waals surface area contributed by atoms with Gasteiger partial charge in [0.25, 0.3) is 0 Å². The second kappa shape index (κ2) is 7.21. The fourth-order valence-corrected chi connectivity index (χ4v) is 1.52. The Kier molecular flexibility index (Phi) is 5.91. The van der Waals surface area contributed by atoms with Gasteiger partial charge in [0.1, 0.15) is 6.61 Å². The van der Waals surface area contributed by atoms with E-state index in [1.165, 1.54) is 0 Å². The number of ether oxygens (including phenoxy) is 1. The lowest BCUT2D eigenvalue weighted by atomic mass is 10.2. The van der Waals surface area contributed by atoms with E-state index in [1.807, 2.05) is 6.92 Å². The van der Waals surface area contributed by atoms with Crippen molar-refractivity contribution in [2.45, 2.75) is 39.2 Å². The molecule has 1 aromatic carbocycles. The van der Waals surface area contributed by atoms with Gasteiger partial charge in [-0.2, -0.15) is 0 Å². The highest BCUT2D eigenvalue weighted by Crippen LogP contribution is 2.23. The van der Waals surface area contributed by atoms with Crippen molar-refractivity contribution in [3.05, 3.63) is 34.6 Å². The number of hydrogen-bond donors (Lipinski definition) is 0. The Bertz CT molecular complexity index is 473. The number of esters is 1. The summed E-state index contributed by atoms with van der Waals surface area (Å²) in [5, 5.41) is 0. The van der Waals surface area contributed by atoms with Gasteiger partial charge in [0.05, 0.1) is 5.56 Å². The number of halogens is 5. The lowest BCUT2D eigenvalue weighted by molar-refractivity contribution is -0.145. The molecule has 0 atom stereocenters. The number of carbonyl (C=O) groups excluding carboxylic acids is 1. The molecule has 0 radical (unpaired) electrons. The molecular formula is C13H13F5O2. The molecule has 0 N–H and O–H groups in total. The molecule has 0 saturated heterocycles. The van der Waals surface area contributed by atoms with Crippen LogP contribution in [0.2, 0.25) is 0 Å². The summed E-state index contributed by atoms with van der Waals surface area (Å²) in [6, 6.07) is 0. The zero-order valence-electron chi connectivity index (χ0n) is 10.7. The minimum absolute atomic E-state index is 0.0310. The monoisotopic (exact) mass is 296 g/mol. The summed E-state index contributed by atoms with van der Waals surface area (Å²) in [4.78, 5) is 11.2. The van der Waals surface area contributed by atoms with E-state index in [0.29, 0.717) is 6.42 Å². The smallest absolute Gasteiger partial charge is 0.306 e. The predicted octanol–water partition coefficient (Wildman–Crippen LogP) is 4.01. The van der Waals surface area contributed by atoms with Crippen LogP contribution in [-0.2, 0) is 16.1 Å². The molecule has 112 valence electrons. The fourth-order valence-electron chi connectivity index (χ4n) is 1.52. The first-order valence-electron chi connectivity index (χ1n) is 6.06. The Morgan fingerprint density at radius 2 is 1.40 bits per heavy atom. The molecule has 0 aliphatic rings. The molecule has 1 rings (SSSR count). The van der Waals surface area contributed by atoms with Crippen molar-refractivity contribution in [2.24, 2.45) is 0 Å². The topological polar surface area (TPSA) is 26.3 Å². The van der Waals surface area contributed by atoms with Gasteiger partial charge < -0.3 is 4.74 Å². The zero-order chi connectivity index (χ0) is 15.3. The van der Waals surface area contributed by atoms with Gasteiger partial charge in [-0.15, -0.1) is 0 Å². The van der Waals surface area contributed by atoms with E-state index in [4.69, 9.17) is 0 Å². The maximum absolute atomic E-state index is 13.2. The van der Waals surface area contributed by atoms with Gasteiger partial charge in [-0.1, -0.05) is 19.8 Å². The lowest BCUT2D eigenvalue weighted by Gasteiger charge is -2.09. The van der Waals surface area contributed by atoms with E-state index in [1.54, 1.807) is 0 Å². The summed E-state index contributed by atoms with van der Waals surface area (Å²) < 4.78 is 69.5. The molecule has 0 bridgehead atoms. The second-order valence-electron chi connectivity index (χ2n) is 4.17. The molecule has 20 heavy (non-hydrogen) atoms. The molecule has 0 unspecified atom stereocenters. The largest absolute Gasteiger partial charge is 0.461 e. The molecule has 0 fully saturated rings. The number of hydrogen-bond acceptors (Lipinski definition) is 2. The van der Waals surface area contributed by atoms with Gasteiger partial charge in [-0.05, 0) is 6.42 Å². The van der Waals surface area contributed by atoms with Crippen molar-refractivity contribution in [1.82, 2.24) is 0 Å². The summed E-state index contributed by atoms with van der Waals surface area (Å²) in [5.74, 6) is -11.1. The van der Waals surface area contributed by atoms with E-state index in [-0.39, 0.29) is 6.42 Å². The Morgan fingerprint density at radius 3 is 1.90 bits per heavy atom. The molecule has 7 heteroatoms. The minimum atomic E-state index is -2.24. The summed E-state index contributed by atoms with van der Waals surface area (Å²) >= 11 is 0. The van der Waals surface area contributed by atoms with Gasteiger partial charge in [0.2, 0.25) is 5.82 Å². The normalized spacial score (nSPS) is 10.7. The molecule has 2 nitrogen and oxygen atoms in total. The third-order valence-electron chi connectivity index (χ3n) is 2.66. The summed E-state index contributed by atoms with van der Waals surface area (Å²) in [7, 11) is 0. The fraction of sp³-hybridized carbons (Fsp3) is 0.462. The standard InChI is InChI=1S/C13H13F5O2/c1-2-3-4-5-8(19)20-6-7-9(14)11(16)13(18)12(17)10(7)15/h2-6H2,1H3. The molecule has 0 heterocycles. The van der Waals surface area contributed by atoms with E-state index >= 15 is 0 Å². The lowest BCUT2D eigenvalue weighted by Crippen LogP contribution is -2.11. The van der Waals surface area contributed by atoms with Crippen LogP contribution in [-0.4, -0.2) is 5.97 Å². The average Bonchev–Trinajstić information content (AvgIpc) is 2.43. The Morgan fingerprint density at radius 1 is 0.900 bits per heavy atom. The maximum atomic E-state index is 13.2. The van der Waals surface area contributed by atoms with Crippen molar-refractivity contribution in [3.63, 3.8) is 0 Å². The molecule has 0 aromatic heterocycles. The quantitative estimate of drug-likeness (QED) is 0.261. The van der Waals surface area contributed by atoms with Gasteiger partial charge in [-0.25, -0.2) is 22.0 Å². The SMILES string of the molecule is CCCCCC(=O)OCc1c(F)c(F)c(F)c(F)c1F. The van der Waals surface area contributed by atoms with Crippen LogP contribution in [0.25, 0.3) is 0 Å². The van der Waals surface area contributed by atoms with Crippen LogP contribution in [0, 0.1) is 29.1 Å². The first kappa shape index (κ1) is 16.4. The Balaban J connectivity index is 2.76. The molecule has 0 saturated carbocycles. The predicted molar refractivity (Wildman–Crippen MR) is 60.2 cm³/mol. The molecule has 1 aromatic rings. The van der Waals surface area contributed by atoms with Gasteiger partial charge >= 0.3 is 5.97 Å². The van der Waals surface area contributed by atoms with Crippen LogP contribution in [0.1, 0.15) is 38.2 Å². The summed E-state index contributed by atoms with van der Waals surface area (Å²) in [6.45, 7) is 0.927. The van der Waals surface area contributed by atoms with Crippen LogP contribution in [0.15, 0.2) is 0 Å². The molecule has 0 amide bonds. The first-order chi connectivity index (χ1) is 9.40. The van der Waals surface area contributed by atoms with Crippen LogP contribution in [0.3, 0.4) is 0 Å². The molecular weight excluding hydrogens is 283 g/mol. The van der Waals surface area contributed by atoms with Crippen molar-refractivity contribution in [1.29, 1.82) is 0 Å².